The molecule has 4 aliphatic rings. The molecule has 2 aliphatic heterocycles. The van der Waals surface area contributed by atoms with E-state index in [1.807, 2.05) is 0 Å². The average Bonchev–Trinajstić information content (AvgIpc) is 4.03. The van der Waals surface area contributed by atoms with Gasteiger partial charge in [0.05, 0.1) is 17.1 Å². The normalized spacial score (nSPS) is 19.0. The number of ether oxygens (including phenoxy) is 1. The molecule has 0 radical (unpaired) electrons. The maximum absolute atomic E-state index is 6.48. The van der Waals surface area contributed by atoms with Crippen LogP contribution in [0.25, 0.3) is 66.1 Å². The van der Waals surface area contributed by atoms with Gasteiger partial charge in [0.1, 0.15) is 22.7 Å². The second kappa shape index (κ2) is 12.1. The topological polar surface area (TPSA) is 30.5 Å². The summed E-state index contributed by atoms with van der Waals surface area (Å²) in [4.78, 5) is 2.49. The Morgan fingerprint density at radius 2 is 1.24 bits per heavy atom. The third kappa shape index (κ3) is 4.63. The summed E-state index contributed by atoms with van der Waals surface area (Å²) < 4.78 is 15.3. The first-order chi connectivity index (χ1) is 28.7. The van der Waals surface area contributed by atoms with Gasteiger partial charge < -0.3 is 18.6 Å². The van der Waals surface area contributed by atoms with Crippen molar-refractivity contribution in [3.63, 3.8) is 0 Å². The molecule has 9 aromatic rings. The molecule has 0 N–H and O–H groups in total. The molecular formula is C54H36N2O2. The van der Waals surface area contributed by atoms with E-state index in [2.05, 4.69) is 198 Å². The number of allylic oxidation sites excluding steroid dienone is 6. The highest BCUT2D eigenvalue weighted by Crippen LogP contribution is 2.50. The predicted molar refractivity (Wildman–Crippen MR) is 237 cm³/mol. The van der Waals surface area contributed by atoms with E-state index in [1.54, 1.807) is 0 Å². The van der Waals surface area contributed by atoms with Gasteiger partial charge in [-0.05, 0) is 113 Å². The number of aromatic nitrogens is 1. The van der Waals surface area contributed by atoms with Crippen LogP contribution in [0.4, 0.5) is 11.4 Å². The minimum Gasteiger partial charge on any atom is -0.461 e. The van der Waals surface area contributed by atoms with Gasteiger partial charge in [0.2, 0.25) is 0 Å². The van der Waals surface area contributed by atoms with Gasteiger partial charge >= 0.3 is 0 Å². The van der Waals surface area contributed by atoms with Gasteiger partial charge in [-0.25, -0.2) is 0 Å². The smallest absolute Gasteiger partial charge is 0.135 e. The molecule has 58 heavy (non-hydrogen) atoms. The molecule has 7 aromatic carbocycles. The maximum atomic E-state index is 6.48. The number of rotatable bonds is 4. The Morgan fingerprint density at radius 3 is 2.12 bits per heavy atom. The van der Waals surface area contributed by atoms with Gasteiger partial charge in [-0.3, -0.25) is 0 Å². The van der Waals surface area contributed by atoms with Crippen molar-refractivity contribution in [3.05, 3.63) is 211 Å². The van der Waals surface area contributed by atoms with Crippen molar-refractivity contribution in [2.45, 2.75) is 24.3 Å². The number of furan rings is 1. The molecule has 0 bridgehead atoms. The van der Waals surface area contributed by atoms with Crippen LogP contribution in [0.5, 0.6) is 5.75 Å². The summed E-state index contributed by atoms with van der Waals surface area (Å²) in [7, 11) is 0. The number of hydrogen-bond donors (Lipinski definition) is 0. The molecule has 274 valence electrons. The minimum atomic E-state index is 0.160. The quantitative estimate of drug-likeness (QED) is 0.180. The van der Waals surface area contributed by atoms with Crippen molar-refractivity contribution in [2.75, 3.05) is 4.90 Å². The van der Waals surface area contributed by atoms with Crippen molar-refractivity contribution in [2.24, 2.45) is 0 Å². The van der Waals surface area contributed by atoms with Crippen molar-refractivity contribution < 1.29 is 9.15 Å². The fourth-order valence-electron chi connectivity index (χ4n) is 10.2. The Labute approximate surface area is 335 Å². The summed E-state index contributed by atoms with van der Waals surface area (Å²) in [5, 5.41) is 4.80. The number of benzene rings is 7. The van der Waals surface area contributed by atoms with E-state index in [0.29, 0.717) is 5.92 Å². The van der Waals surface area contributed by atoms with E-state index in [4.69, 9.17) is 9.15 Å². The molecule has 4 nitrogen and oxygen atoms in total. The number of anilines is 2. The lowest BCUT2D eigenvalue weighted by Crippen LogP contribution is -2.28. The second-order valence-corrected chi connectivity index (χ2v) is 16.0. The lowest BCUT2D eigenvalue weighted by molar-refractivity contribution is 0.426. The van der Waals surface area contributed by atoms with Gasteiger partial charge in [0, 0.05) is 56.0 Å². The fraction of sp³-hybridized carbons (Fsp3) is 0.0741. The average molecular weight is 745 g/mol. The molecule has 2 aliphatic carbocycles. The largest absolute Gasteiger partial charge is 0.461 e. The molecule has 0 amide bonds. The highest BCUT2D eigenvalue weighted by molar-refractivity contribution is 6.09. The Bertz CT molecular complexity index is 3280. The van der Waals surface area contributed by atoms with Crippen molar-refractivity contribution in [1.82, 2.24) is 4.57 Å². The Hall–Kier alpha value is -7.30. The Kier molecular flexibility index (Phi) is 6.65. The molecular weight excluding hydrogens is 709 g/mol. The van der Waals surface area contributed by atoms with Gasteiger partial charge in [-0.15, -0.1) is 0 Å². The van der Waals surface area contributed by atoms with Crippen LogP contribution in [-0.4, -0.2) is 10.6 Å². The van der Waals surface area contributed by atoms with E-state index in [9.17, 15) is 0 Å². The summed E-state index contributed by atoms with van der Waals surface area (Å²) in [6.45, 7) is 0. The first-order valence-electron chi connectivity index (χ1n) is 20.2. The minimum absolute atomic E-state index is 0.160. The third-order valence-electron chi connectivity index (χ3n) is 12.9. The van der Waals surface area contributed by atoms with Crippen molar-refractivity contribution in [3.8, 4) is 22.6 Å². The standard InChI is InChI=1S/C54H36N2O2/c1-5-16-47-39(12-1)40-13-2-6-17-48(40)55(47)37-22-26-53-45(31-37)43-29-35(20-24-51(43)57-53)33-10-9-11-34(28-33)36-21-25-52-44(30-36)46-32-38(23-27-54(46)58-52)56-49-18-7-3-14-41(49)42-15-4-8-19-50(42)56/h1-29,31-32,39,44,47H,30H2. The highest BCUT2D eigenvalue weighted by atomic mass is 16.5. The number of para-hydroxylation sites is 3. The SMILES string of the molecule is C1=CC2c3ccccc3N(c3ccc4oc5ccc(-c6cccc(C7=CC=C8Oc9ccc(-n%10c%11ccccc%11c%11ccccc%11%10)cc9C8C7)c6)cc5c4c3)C2C=C1. The monoisotopic (exact) mass is 744 g/mol. The summed E-state index contributed by atoms with van der Waals surface area (Å²) in [6.07, 6.45) is 14.3. The summed E-state index contributed by atoms with van der Waals surface area (Å²) in [5.74, 6) is 2.48. The first-order valence-corrected chi connectivity index (χ1v) is 20.2. The molecule has 3 atom stereocenters. The summed E-state index contributed by atoms with van der Waals surface area (Å²) >= 11 is 0. The second-order valence-electron chi connectivity index (χ2n) is 16.0. The predicted octanol–water partition coefficient (Wildman–Crippen LogP) is 13.9. The molecule has 13 rings (SSSR count). The van der Waals surface area contributed by atoms with E-state index in [0.717, 1.165) is 45.6 Å². The van der Waals surface area contributed by atoms with E-state index in [1.165, 1.54) is 66.6 Å². The van der Waals surface area contributed by atoms with Gasteiger partial charge in [-0.1, -0.05) is 109 Å². The molecule has 0 fully saturated rings. The van der Waals surface area contributed by atoms with E-state index in [-0.39, 0.29) is 12.0 Å². The molecule has 0 saturated heterocycles. The van der Waals surface area contributed by atoms with E-state index >= 15 is 0 Å². The zero-order valence-corrected chi connectivity index (χ0v) is 31.5. The van der Waals surface area contributed by atoms with Gasteiger partial charge in [0.15, 0.2) is 0 Å². The number of nitrogens with zero attached hydrogens (tertiary/aromatic N) is 2. The van der Waals surface area contributed by atoms with Crippen LogP contribution in [-0.2, 0) is 0 Å². The van der Waals surface area contributed by atoms with Gasteiger partial charge in [-0.2, -0.15) is 0 Å². The molecule has 4 heteroatoms. The molecule has 4 heterocycles. The van der Waals surface area contributed by atoms with Crippen LogP contribution in [0.1, 0.15) is 34.9 Å². The first kappa shape index (κ1) is 31.9. The highest BCUT2D eigenvalue weighted by Gasteiger charge is 2.37. The fourth-order valence-corrected chi connectivity index (χ4v) is 10.2. The Balaban J connectivity index is 0.835. The molecule has 0 spiro atoms. The molecule has 2 aromatic heterocycles. The lowest BCUT2D eigenvalue weighted by atomic mass is 9.84. The zero-order valence-electron chi connectivity index (χ0n) is 31.5. The summed E-state index contributed by atoms with van der Waals surface area (Å²) in [6, 6.07) is 55.4. The van der Waals surface area contributed by atoms with Crippen LogP contribution in [0, 0.1) is 0 Å². The zero-order chi connectivity index (χ0) is 37.9. The van der Waals surface area contributed by atoms with Crippen LogP contribution in [0.15, 0.2) is 198 Å². The Morgan fingerprint density at radius 1 is 0.517 bits per heavy atom. The lowest BCUT2D eigenvalue weighted by Gasteiger charge is -2.28. The maximum Gasteiger partial charge on any atom is 0.135 e. The summed E-state index contributed by atoms with van der Waals surface area (Å²) in [5.41, 5.74) is 15.4. The van der Waals surface area contributed by atoms with Crippen molar-refractivity contribution >= 4 is 60.7 Å². The molecule has 3 unspecified atom stereocenters. The van der Waals surface area contributed by atoms with Crippen LogP contribution in [0.3, 0.4) is 0 Å². The number of fused-ring (bicyclic) bond motifs is 12. The van der Waals surface area contributed by atoms with Crippen LogP contribution < -0.4 is 9.64 Å². The third-order valence-corrected chi connectivity index (χ3v) is 12.9. The van der Waals surface area contributed by atoms with E-state index < -0.39 is 0 Å². The number of hydrogen-bond acceptors (Lipinski definition) is 3. The van der Waals surface area contributed by atoms with Crippen LogP contribution in [0.2, 0.25) is 0 Å². The van der Waals surface area contributed by atoms with Gasteiger partial charge in [0.25, 0.3) is 0 Å². The van der Waals surface area contributed by atoms with Crippen LogP contribution >= 0.6 is 0 Å². The van der Waals surface area contributed by atoms with Crippen molar-refractivity contribution in [1.29, 1.82) is 0 Å². The molecule has 0 saturated carbocycles.